The predicted molar refractivity (Wildman–Crippen MR) is 81.5 cm³/mol. The number of unbranched alkanes of at least 4 members (excludes halogenated alkanes) is 2. The van der Waals surface area contributed by atoms with Crippen LogP contribution in [0.2, 0.25) is 0 Å². The summed E-state index contributed by atoms with van der Waals surface area (Å²) in [7, 11) is 0. The van der Waals surface area contributed by atoms with E-state index in [2.05, 4.69) is 17.2 Å². The van der Waals surface area contributed by atoms with Gasteiger partial charge in [-0.2, -0.15) is 22.5 Å². The van der Waals surface area contributed by atoms with Crippen molar-refractivity contribution < 1.29 is 22.4 Å². The van der Waals surface area contributed by atoms with Gasteiger partial charge in [-0.3, -0.25) is 4.79 Å². The van der Waals surface area contributed by atoms with Crippen LogP contribution in [-0.2, 0) is 4.79 Å². The van der Waals surface area contributed by atoms with Crippen molar-refractivity contribution in [2.24, 2.45) is 5.92 Å². The molecule has 8 heteroatoms. The highest BCUT2D eigenvalue weighted by molar-refractivity contribution is 5.79. The number of piperidine rings is 1. The molecule has 1 aromatic rings. The molecule has 0 unspecified atom stereocenters. The Bertz CT molecular complexity index is 563. The second kappa shape index (κ2) is 8.30. The summed E-state index contributed by atoms with van der Waals surface area (Å²) >= 11 is 0. The maximum absolute atomic E-state index is 13.8. The third kappa shape index (κ3) is 4.15. The molecule has 0 radical (unpaired) electrons. The summed E-state index contributed by atoms with van der Waals surface area (Å²) in [5.74, 6) is -6.68. The van der Waals surface area contributed by atoms with Gasteiger partial charge in [0.05, 0.1) is 0 Å². The van der Waals surface area contributed by atoms with E-state index in [9.17, 15) is 22.4 Å². The summed E-state index contributed by atoms with van der Waals surface area (Å²) in [6.07, 6.45) is 3.74. The lowest BCUT2D eigenvalue weighted by Crippen LogP contribution is -2.41. The molecule has 0 saturated carbocycles. The minimum Gasteiger partial charge on any atom is -0.366 e. The van der Waals surface area contributed by atoms with E-state index in [1.807, 2.05) is 0 Å². The zero-order valence-electron chi connectivity index (χ0n) is 13.5. The van der Waals surface area contributed by atoms with Crippen molar-refractivity contribution in [2.75, 3.05) is 24.5 Å². The highest BCUT2D eigenvalue weighted by Crippen LogP contribution is 2.30. The quantitative estimate of drug-likeness (QED) is 0.488. The molecule has 1 fully saturated rings. The Morgan fingerprint density at radius 2 is 1.71 bits per heavy atom. The van der Waals surface area contributed by atoms with Crippen LogP contribution in [0.15, 0.2) is 0 Å². The van der Waals surface area contributed by atoms with Crippen LogP contribution in [-0.4, -0.2) is 30.5 Å². The Labute approximate surface area is 138 Å². The van der Waals surface area contributed by atoms with Crippen molar-refractivity contribution in [2.45, 2.75) is 39.0 Å². The molecule has 2 heterocycles. The molecule has 24 heavy (non-hydrogen) atoms. The number of carbonyl (C=O) groups excluding carboxylic acids is 1. The normalized spacial score (nSPS) is 15.6. The molecule has 0 bridgehead atoms. The molecule has 0 spiro atoms. The third-order valence-corrected chi connectivity index (χ3v) is 4.24. The monoisotopic (exact) mass is 347 g/mol. The number of aromatic nitrogens is 1. The molecule has 1 saturated heterocycles. The molecule has 0 atom stereocenters. The van der Waals surface area contributed by atoms with Gasteiger partial charge >= 0.3 is 0 Å². The first-order valence-corrected chi connectivity index (χ1v) is 8.18. The van der Waals surface area contributed by atoms with E-state index in [0.717, 1.165) is 19.3 Å². The molecule has 1 aromatic heterocycles. The first-order chi connectivity index (χ1) is 11.5. The molecule has 0 aromatic carbocycles. The van der Waals surface area contributed by atoms with E-state index >= 15 is 0 Å². The number of rotatable bonds is 6. The smallest absolute Gasteiger partial charge is 0.253 e. The van der Waals surface area contributed by atoms with Gasteiger partial charge in [-0.05, 0) is 19.3 Å². The van der Waals surface area contributed by atoms with Crippen molar-refractivity contribution >= 4 is 11.6 Å². The van der Waals surface area contributed by atoms with Gasteiger partial charge in [0.15, 0.2) is 0 Å². The first kappa shape index (κ1) is 18.5. The van der Waals surface area contributed by atoms with Gasteiger partial charge in [-0.1, -0.05) is 19.8 Å². The second-order valence-corrected chi connectivity index (χ2v) is 5.93. The summed E-state index contributed by atoms with van der Waals surface area (Å²) in [6, 6.07) is 0. The molecule has 1 aliphatic heterocycles. The molecule has 134 valence electrons. The summed E-state index contributed by atoms with van der Waals surface area (Å²) in [5.41, 5.74) is -0.748. The Morgan fingerprint density at radius 3 is 2.25 bits per heavy atom. The maximum atomic E-state index is 13.8. The molecule has 0 aliphatic carbocycles. The number of amides is 1. The van der Waals surface area contributed by atoms with Gasteiger partial charge in [0, 0.05) is 25.6 Å². The van der Waals surface area contributed by atoms with Crippen LogP contribution in [0, 0.1) is 29.4 Å². The average molecular weight is 347 g/mol. The number of carbonyl (C=O) groups is 1. The van der Waals surface area contributed by atoms with Crippen molar-refractivity contribution in [1.82, 2.24) is 10.3 Å². The number of hydrogen-bond acceptors (Lipinski definition) is 3. The van der Waals surface area contributed by atoms with Crippen LogP contribution in [0.25, 0.3) is 0 Å². The lowest BCUT2D eigenvalue weighted by molar-refractivity contribution is -0.125. The summed E-state index contributed by atoms with van der Waals surface area (Å²) in [4.78, 5) is 15.8. The lowest BCUT2D eigenvalue weighted by atomic mass is 9.95. The number of anilines is 1. The fraction of sp³-hybridized carbons (Fsp3) is 0.625. The number of nitrogens with one attached hydrogen (secondary N) is 1. The molecule has 1 N–H and O–H groups in total. The van der Waals surface area contributed by atoms with Crippen LogP contribution >= 0.6 is 0 Å². The average Bonchev–Trinajstić information content (AvgIpc) is 2.57. The van der Waals surface area contributed by atoms with Gasteiger partial charge in [-0.15, -0.1) is 0 Å². The van der Waals surface area contributed by atoms with Gasteiger partial charge in [-0.25, -0.2) is 0 Å². The largest absolute Gasteiger partial charge is 0.366 e. The second-order valence-electron chi connectivity index (χ2n) is 5.93. The first-order valence-electron chi connectivity index (χ1n) is 8.18. The zero-order chi connectivity index (χ0) is 17.7. The highest BCUT2D eigenvalue weighted by Gasteiger charge is 2.30. The van der Waals surface area contributed by atoms with Crippen molar-refractivity contribution in [1.29, 1.82) is 0 Å². The van der Waals surface area contributed by atoms with Crippen LogP contribution in [0.1, 0.15) is 39.0 Å². The minimum absolute atomic E-state index is 0.0845. The minimum atomic E-state index is -1.67. The number of nitrogens with zero attached hydrogens (tertiary/aromatic N) is 2. The summed E-state index contributed by atoms with van der Waals surface area (Å²) in [5, 5.41) is 2.85. The summed E-state index contributed by atoms with van der Waals surface area (Å²) in [6.45, 7) is 2.96. The Balaban J connectivity index is 1.95. The SMILES string of the molecule is CCCCCNC(=O)C1CCN(c2c(F)c(F)nc(F)c2F)CC1. The van der Waals surface area contributed by atoms with E-state index in [4.69, 9.17) is 0 Å². The Hall–Kier alpha value is -1.86. The van der Waals surface area contributed by atoms with E-state index in [1.54, 1.807) is 0 Å². The van der Waals surface area contributed by atoms with Gasteiger partial charge < -0.3 is 10.2 Å². The Kier molecular flexibility index (Phi) is 6.39. The fourth-order valence-electron chi connectivity index (χ4n) is 2.85. The van der Waals surface area contributed by atoms with Crippen LogP contribution in [0.5, 0.6) is 0 Å². The topological polar surface area (TPSA) is 45.2 Å². The van der Waals surface area contributed by atoms with E-state index in [1.165, 1.54) is 4.90 Å². The molecule has 4 nitrogen and oxygen atoms in total. The molecular weight excluding hydrogens is 326 g/mol. The van der Waals surface area contributed by atoms with E-state index in [0.29, 0.717) is 19.4 Å². The van der Waals surface area contributed by atoms with Gasteiger partial charge in [0.25, 0.3) is 11.9 Å². The predicted octanol–water partition coefficient (Wildman–Crippen LogP) is 3.16. The lowest BCUT2D eigenvalue weighted by Gasteiger charge is -2.33. The summed E-state index contributed by atoms with van der Waals surface area (Å²) < 4.78 is 53.9. The van der Waals surface area contributed by atoms with Crippen LogP contribution in [0.3, 0.4) is 0 Å². The zero-order valence-corrected chi connectivity index (χ0v) is 13.5. The molecule has 1 aliphatic rings. The molecule has 1 amide bonds. The molecule has 2 rings (SSSR count). The number of hydrogen-bond donors (Lipinski definition) is 1. The van der Waals surface area contributed by atoms with Crippen molar-refractivity contribution in [3.8, 4) is 0 Å². The van der Waals surface area contributed by atoms with E-state index in [-0.39, 0.29) is 24.9 Å². The Morgan fingerprint density at radius 1 is 1.12 bits per heavy atom. The number of halogens is 4. The van der Waals surface area contributed by atoms with Crippen LogP contribution in [0.4, 0.5) is 23.2 Å². The standard InChI is InChI=1S/C16H21F4N3O/c1-2-3-4-7-21-16(24)10-5-8-23(9-6-10)13-11(17)14(19)22-15(20)12(13)18/h10H,2-9H2,1H3,(H,21,24). The van der Waals surface area contributed by atoms with Crippen molar-refractivity contribution in [3.05, 3.63) is 23.5 Å². The van der Waals surface area contributed by atoms with E-state index < -0.39 is 29.2 Å². The molecular formula is C16H21F4N3O. The van der Waals surface area contributed by atoms with Gasteiger partial charge in [0.1, 0.15) is 5.69 Å². The fourth-order valence-corrected chi connectivity index (χ4v) is 2.85. The maximum Gasteiger partial charge on any atom is 0.253 e. The van der Waals surface area contributed by atoms with Crippen LogP contribution < -0.4 is 10.2 Å². The van der Waals surface area contributed by atoms with Crippen molar-refractivity contribution in [3.63, 3.8) is 0 Å². The van der Waals surface area contributed by atoms with Gasteiger partial charge in [0.2, 0.25) is 17.5 Å². The third-order valence-electron chi connectivity index (χ3n) is 4.24. The number of pyridine rings is 1. The highest BCUT2D eigenvalue weighted by atomic mass is 19.2.